The van der Waals surface area contributed by atoms with Crippen LogP contribution in [0, 0.1) is 6.92 Å². The van der Waals surface area contributed by atoms with Gasteiger partial charge >= 0.3 is 0 Å². The predicted molar refractivity (Wildman–Crippen MR) is 74.1 cm³/mol. The maximum absolute atomic E-state index is 11.8. The number of rotatable bonds is 2. The number of aromatic nitrogens is 3. The average molecular weight is 251 g/mol. The molecule has 3 aromatic rings. The van der Waals surface area contributed by atoms with E-state index in [0.717, 1.165) is 22.2 Å². The Morgan fingerprint density at radius 1 is 1.11 bits per heavy atom. The second-order valence-electron chi connectivity index (χ2n) is 4.58. The van der Waals surface area contributed by atoms with Gasteiger partial charge in [0.15, 0.2) is 0 Å². The lowest BCUT2D eigenvalue weighted by Gasteiger charge is -2.05. The molecule has 0 saturated carbocycles. The molecule has 0 atom stereocenters. The number of nitrogens with one attached hydrogen (secondary N) is 1. The molecular weight excluding hydrogens is 238 g/mol. The largest absolute Gasteiger partial charge is 0.272 e. The lowest BCUT2D eigenvalue weighted by Crippen LogP contribution is -2.11. The van der Waals surface area contributed by atoms with Crippen molar-refractivity contribution in [3.05, 3.63) is 69.9 Å². The van der Waals surface area contributed by atoms with Crippen molar-refractivity contribution in [1.29, 1.82) is 0 Å². The molecule has 0 aliphatic carbocycles. The first-order valence-corrected chi connectivity index (χ1v) is 6.11. The normalized spacial score (nSPS) is 10.8. The zero-order valence-corrected chi connectivity index (χ0v) is 10.6. The van der Waals surface area contributed by atoms with Gasteiger partial charge in [-0.1, -0.05) is 11.6 Å². The van der Waals surface area contributed by atoms with Crippen LogP contribution < -0.4 is 5.56 Å². The van der Waals surface area contributed by atoms with E-state index in [1.807, 2.05) is 37.3 Å². The molecule has 0 amide bonds. The summed E-state index contributed by atoms with van der Waals surface area (Å²) in [6.45, 7) is 2.01. The molecule has 0 radical (unpaired) electrons. The highest BCUT2D eigenvalue weighted by Gasteiger charge is 2.07. The maximum atomic E-state index is 11.8. The van der Waals surface area contributed by atoms with Gasteiger partial charge in [-0.2, -0.15) is 5.10 Å². The Morgan fingerprint density at radius 2 is 1.89 bits per heavy atom. The van der Waals surface area contributed by atoms with Crippen molar-refractivity contribution in [2.24, 2.45) is 0 Å². The van der Waals surface area contributed by atoms with Crippen LogP contribution in [0.4, 0.5) is 0 Å². The first-order valence-electron chi connectivity index (χ1n) is 6.11. The number of H-pyrrole nitrogens is 1. The third kappa shape index (κ3) is 2.25. The quantitative estimate of drug-likeness (QED) is 0.759. The molecule has 0 unspecified atom stereocenters. The van der Waals surface area contributed by atoms with Crippen LogP contribution in [0.25, 0.3) is 10.8 Å². The molecule has 0 aliphatic rings. The summed E-state index contributed by atoms with van der Waals surface area (Å²) >= 11 is 0. The molecule has 4 heteroatoms. The Hall–Kier alpha value is -2.49. The molecule has 1 aromatic carbocycles. The summed E-state index contributed by atoms with van der Waals surface area (Å²) in [6.07, 6.45) is 4.20. The number of pyridine rings is 1. The van der Waals surface area contributed by atoms with E-state index in [9.17, 15) is 4.79 Å². The lowest BCUT2D eigenvalue weighted by atomic mass is 10.0. The van der Waals surface area contributed by atoms with Crippen molar-refractivity contribution in [2.75, 3.05) is 0 Å². The number of nitrogens with zero attached hydrogens (tertiary/aromatic N) is 2. The minimum atomic E-state index is -0.145. The van der Waals surface area contributed by atoms with Crippen LogP contribution in [0.5, 0.6) is 0 Å². The van der Waals surface area contributed by atoms with E-state index in [1.54, 1.807) is 12.4 Å². The van der Waals surface area contributed by atoms with Crippen molar-refractivity contribution in [1.82, 2.24) is 15.2 Å². The molecule has 0 bridgehead atoms. The summed E-state index contributed by atoms with van der Waals surface area (Å²) in [5.41, 5.74) is 2.98. The first-order chi connectivity index (χ1) is 9.24. The van der Waals surface area contributed by atoms with Crippen LogP contribution in [0.15, 0.2) is 47.5 Å². The zero-order valence-electron chi connectivity index (χ0n) is 10.6. The highest BCUT2D eigenvalue weighted by atomic mass is 16.1. The Balaban J connectivity index is 2.16. The van der Waals surface area contributed by atoms with Gasteiger partial charge in [0.2, 0.25) is 0 Å². The van der Waals surface area contributed by atoms with E-state index in [4.69, 9.17) is 0 Å². The number of hydrogen-bond donors (Lipinski definition) is 1. The minimum absolute atomic E-state index is 0.145. The van der Waals surface area contributed by atoms with Crippen LogP contribution in [-0.2, 0) is 6.42 Å². The van der Waals surface area contributed by atoms with Crippen molar-refractivity contribution < 1.29 is 0 Å². The van der Waals surface area contributed by atoms with Gasteiger partial charge in [-0.15, -0.1) is 0 Å². The summed E-state index contributed by atoms with van der Waals surface area (Å²) in [5, 5.41) is 8.35. The van der Waals surface area contributed by atoms with Crippen molar-refractivity contribution in [2.45, 2.75) is 13.3 Å². The van der Waals surface area contributed by atoms with E-state index >= 15 is 0 Å². The van der Waals surface area contributed by atoms with Gasteiger partial charge in [0.25, 0.3) is 5.56 Å². The minimum Gasteiger partial charge on any atom is -0.267 e. The molecule has 3 rings (SSSR count). The number of fused-ring (bicyclic) bond motifs is 1. The Kier molecular flexibility index (Phi) is 2.83. The smallest absolute Gasteiger partial charge is 0.267 e. The van der Waals surface area contributed by atoms with Crippen LogP contribution in [0.3, 0.4) is 0 Å². The monoisotopic (exact) mass is 251 g/mol. The maximum Gasteiger partial charge on any atom is 0.272 e. The van der Waals surface area contributed by atoms with E-state index in [0.29, 0.717) is 11.8 Å². The fourth-order valence-corrected chi connectivity index (χ4v) is 2.16. The van der Waals surface area contributed by atoms with Crippen LogP contribution >= 0.6 is 0 Å². The molecule has 19 heavy (non-hydrogen) atoms. The Morgan fingerprint density at radius 3 is 2.68 bits per heavy atom. The summed E-state index contributed by atoms with van der Waals surface area (Å²) in [5.74, 6) is 0. The third-order valence-electron chi connectivity index (χ3n) is 3.14. The fourth-order valence-electron chi connectivity index (χ4n) is 2.16. The van der Waals surface area contributed by atoms with E-state index in [1.165, 1.54) is 0 Å². The summed E-state index contributed by atoms with van der Waals surface area (Å²) in [7, 11) is 0. The highest BCUT2D eigenvalue weighted by Crippen LogP contribution is 2.17. The third-order valence-corrected chi connectivity index (χ3v) is 3.14. The van der Waals surface area contributed by atoms with Crippen molar-refractivity contribution in [3.63, 3.8) is 0 Å². The molecule has 4 nitrogen and oxygen atoms in total. The molecule has 0 aliphatic heterocycles. The molecule has 2 heterocycles. The first kappa shape index (κ1) is 11.6. The highest BCUT2D eigenvalue weighted by molar-refractivity contribution is 5.84. The predicted octanol–water partition coefficient (Wildman–Crippen LogP) is 2.22. The van der Waals surface area contributed by atoms with Gasteiger partial charge in [-0.05, 0) is 36.8 Å². The zero-order chi connectivity index (χ0) is 13.2. The second kappa shape index (κ2) is 4.65. The van der Waals surface area contributed by atoms with Gasteiger partial charge in [0.1, 0.15) is 0 Å². The number of benzene rings is 1. The lowest BCUT2D eigenvalue weighted by molar-refractivity contribution is 0.932. The van der Waals surface area contributed by atoms with Crippen molar-refractivity contribution in [3.8, 4) is 0 Å². The number of aryl methyl sites for hydroxylation is 1. The van der Waals surface area contributed by atoms with Gasteiger partial charge in [0, 0.05) is 24.2 Å². The average Bonchev–Trinajstić information content (AvgIpc) is 2.43. The topological polar surface area (TPSA) is 58.6 Å². The summed E-state index contributed by atoms with van der Waals surface area (Å²) < 4.78 is 0. The standard InChI is InChI=1S/C15H13N3O/c1-10-2-3-12-13(8-10)14(17-18-15(12)19)9-11-4-6-16-7-5-11/h2-8H,9H2,1H3,(H,18,19). The molecule has 1 N–H and O–H groups in total. The number of hydrogen-bond acceptors (Lipinski definition) is 3. The molecule has 0 spiro atoms. The summed E-state index contributed by atoms with van der Waals surface area (Å²) in [4.78, 5) is 15.8. The summed E-state index contributed by atoms with van der Waals surface area (Å²) in [6, 6.07) is 9.70. The SMILES string of the molecule is Cc1ccc2c(=O)[nH]nc(Cc3ccncc3)c2c1. The van der Waals surface area contributed by atoms with E-state index in [-0.39, 0.29) is 5.56 Å². The molecule has 2 aromatic heterocycles. The number of aromatic amines is 1. The Bertz CT molecular complexity index is 778. The van der Waals surface area contributed by atoms with Crippen LogP contribution in [0.1, 0.15) is 16.8 Å². The fraction of sp³-hybridized carbons (Fsp3) is 0.133. The Labute approximate surface area is 110 Å². The van der Waals surface area contributed by atoms with Gasteiger partial charge in [0.05, 0.1) is 11.1 Å². The molecule has 0 saturated heterocycles. The second-order valence-corrected chi connectivity index (χ2v) is 4.58. The van der Waals surface area contributed by atoms with Gasteiger partial charge < -0.3 is 0 Å². The van der Waals surface area contributed by atoms with E-state index in [2.05, 4.69) is 15.2 Å². The van der Waals surface area contributed by atoms with Crippen molar-refractivity contribution >= 4 is 10.8 Å². The molecule has 0 fully saturated rings. The molecular formula is C15H13N3O. The van der Waals surface area contributed by atoms with Gasteiger partial charge in [-0.25, -0.2) is 5.10 Å². The molecule has 94 valence electrons. The van der Waals surface area contributed by atoms with E-state index < -0.39 is 0 Å². The van der Waals surface area contributed by atoms with Crippen LogP contribution in [-0.4, -0.2) is 15.2 Å². The van der Waals surface area contributed by atoms with Gasteiger partial charge in [-0.3, -0.25) is 9.78 Å². The van der Waals surface area contributed by atoms with Crippen LogP contribution in [0.2, 0.25) is 0 Å².